The number of aromatic nitrogens is 1. The van der Waals surface area contributed by atoms with Crippen molar-refractivity contribution in [3.63, 3.8) is 0 Å². The number of benzene rings is 1. The van der Waals surface area contributed by atoms with Crippen LogP contribution in [-0.2, 0) is 4.79 Å². The normalized spacial score (nSPS) is 14.6. The van der Waals surface area contributed by atoms with Crippen molar-refractivity contribution in [1.29, 1.82) is 0 Å². The van der Waals surface area contributed by atoms with Crippen LogP contribution < -0.4 is 0 Å². The number of hydrogen-bond donors (Lipinski definition) is 1. The number of hydrogen-bond acceptors (Lipinski definition) is 1. The molecule has 3 heteroatoms. The van der Waals surface area contributed by atoms with E-state index in [1.54, 1.807) is 0 Å². The van der Waals surface area contributed by atoms with Crippen LogP contribution >= 0.6 is 0 Å². The summed E-state index contributed by atoms with van der Waals surface area (Å²) < 4.78 is 0. The zero-order valence-corrected chi connectivity index (χ0v) is 14.4. The molecule has 0 aliphatic carbocycles. The Kier molecular flexibility index (Phi) is 8.34. The molecule has 0 atom stereocenters. The van der Waals surface area contributed by atoms with E-state index in [9.17, 15) is 4.79 Å². The minimum atomic E-state index is 0.589. The summed E-state index contributed by atoms with van der Waals surface area (Å²) in [4.78, 5) is 15.8. The maximum atomic E-state index is 10.7. The van der Waals surface area contributed by atoms with Gasteiger partial charge in [0.2, 0.25) is 6.41 Å². The molecule has 1 aromatic carbocycles. The third-order valence-corrected chi connectivity index (χ3v) is 3.75. The maximum absolute atomic E-state index is 10.7. The van der Waals surface area contributed by atoms with Crippen LogP contribution in [0.15, 0.2) is 30.5 Å². The number of carbonyl (C=O) groups is 1. The highest BCUT2D eigenvalue weighted by molar-refractivity contribution is 5.83. The number of aromatic amines is 1. The second-order valence-corrected chi connectivity index (χ2v) is 5.41. The van der Waals surface area contributed by atoms with Gasteiger partial charge in [-0.1, -0.05) is 46.2 Å². The van der Waals surface area contributed by atoms with Gasteiger partial charge in [-0.25, -0.2) is 0 Å². The molecule has 122 valence electrons. The number of carbonyl (C=O) groups excluding carboxylic acids is 1. The Labute approximate surface area is 134 Å². The summed E-state index contributed by atoms with van der Waals surface area (Å²) >= 11 is 0. The highest BCUT2D eigenvalue weighted by atomic mass is 16.1. The van der Waals surface area contributed by atoms with Gasteiger partial charge in [0.1, 0.15) is 0 Å². The lowest BCUT2D eigenvalue weighted by Gasteiger charge is -2.29. The molecule has 3 rings (SSSR count). The highest BCUT2D eigenvalue weighted by Gasteiger charge is 2.20. The van der Waals surface area contributed by atoms with E-state index in [4.69, 9.17) is 0 Å². The number of nitrogens with zero attached hydrogens (tertiary/aromatic N) is 1. The average molecular weight is 302 g/mol. The number of piperidine rings is 1. The zero-order valence-electron chi connectivity index (χ0n) is 14.4. The predicted molar refractivity (Wildman–Crippen MR) is 95.2 cm³/mol. The summed E-state index contributed by atoms with van der Waals surface area (Å²) in [5.74, 6) is 0.589. The van der Waals surface area contributed by atoms with Crippen LogP contribution in [0.2, 0.25) is 0 Å². The van der Waals surface area contributed by atoms with E-state index in [-0.39, 0.29) is 0 Å². The number of amides is 1. The molecule has 0 saturated carbocycles. The van der Waals surface area contributed by atoms with E-state index < -0.39 is 0 Å². The Bertz CT molecular complexity index is 539. The first-order chi connectivity index (χ1) is 10.8. The summed E-state index contributed by atoms with van der Waals surface area (Å²) in [5, 5.41) is 1.33. The first kappa shape index (κ1) is 18.3. The molecule has 2 aromatic rings. The Morgan fingerprint density at radius 1 is 1.18 bits per heavy atom. The van der Waals surface area contributed by atoms with Crippen molar-refractivity contribution in [2.24, 2.45) is 0 Å². The zero-order chi connectivity index (χ0) is 16.4. The van der Waals surface area contributed by atoms with Gasteiger partial charge in [-0.3, -0.25) is 4.79 Å². The van der Waals surface area contributed by atoms with Crippen LogP contribution in [0.3, 0.4) is 0 Å². The smallest absolute Gasteiger partial charge is 0.209 e. The molecule has 3 nitrogen and oxygen atoms in total. The van der Waals surface area contributed by atoms with E-state index >= 15 is 0 Å². The molecule has 1 saturated heterocycles. The molecule has 1 fully saturated rings. The number of H-pyrrole nitrogens is 1. The molecule has 0 radical (unpaired) electrons. The quantitative estimate of drug-likeness (QED) is 0.783. The molecule has 0 unspecified atom stereocenters. The lowest BCUT2D eigenvalue weighted by molar-refractivity contribution is -0.119. The molecule has 1 N–H and O–H groups in total. The summed E-state index contributed by atoms with van der Waals surface area (Å²) in [6.45, 7) is 10.0. The minimum Gasteiger partial charge on any atom is -0.361 e. The minimum absolute atomic E-state index is 0.589. The standard InChI is InChI=1S/C14H16N2O.C3H8.C2H6/c17-10-16-8-5-11(6-9-16)12-2-1-3-14-13(12)4-7-15-14;1-3-2;1-2/h1-4,7,10-11,15H,5-6,8-9H2;3H2,1-2H3;1-2H3. The number of fused-ring (bicyclic) bond motifs is 1. The van der Waals surface area contributed by atoms with E-state index in [2.05, 4.69) is 43.1 Å². The van der Waals surface area contributed by atoms with Gasteiger partial charge in [-0.05, 0) is 36.5 Å². The number of likely N-dealkylation sites (tertiary alicyclic amines) is 1. The molecular formula is C19H30N2O. The van der Waals surface area contributed by atoms with Gasteiger partial charge in [-0.15, -0.1) is 0 Å². The predicted octanol–water partition coefficient (Wildman–Crippen LogP) is 4.95. The second kappa shape index (κ2) is 10.0. The average Bonchev–Trinajstić information content (AvgIpc) is 3.06. The van der Waals surface area contributed by atoms with Crippen molar-refractivity contribution in [2.75, 3.05) is 13.1 Å². The van der Waals surface area contributed by atoms with Gasteiger partial charge >= 0.3 is 0 Å². The fourth-order valence-electron chi connectivity index (χ4n) is 2.78. The Balaban J connectivity index is 0.000000435. The fourth-order valence-corrected chi connectivity index (χ4v) is 2.78. The monoisotopic (exact) mass is 302 g/mol. The fraction of sp³-hybridized carbons (Fsp3) is 0.526. The largest absolute Gasteiger partial charge is 0.361 e. The van der Waals surface area contributed by atoms with Gasteiger partial charge in [-0.2, -0.15) is 0 Å². The SMILES string of the molecule is CC.CCC.O=CN1CCC(c2cccc3[nH]ccc23)CC1. The lowest BCUT2D eigenvalue weighted by atomic mass is 9.88. The highest BCUT2D eigenvalue weighted by Crippen LogP contribution is 2.32. The van der Waals surface area contributed by atoms with Crippen molar-refractivity contribution in [2.45, 2.75) is 52.9 Å². The lowest BCUT2D eigenvalue weighted by Crippen LogP contribution is -2.31. The van der Waals surface area contributed by atoms with Crippen LogP contribution in [-0.4, -0.2) is 29.4 Å². The van der Waals surface area contributed by atoms with Crippen LogP contribution in [0.1, 0.15) is 58.4 Å². The van der Waals surface area contributed by atoms with Crippen molar-refractivity contribution in [3.8, 4) is 0 Å². The van der Waals surface area contributed by atoms with Crippen molar-refractivity contribution < 1.29 is 4.79 Å². The van der Waals surface area contributed by atoms with E-state index in [1.807, 2.05) is 24.9 Å². The van der Waals surface area contributed by atoms with Gasteiger partial charge in [0.25, 0.3) is 0 Å². The summed E-state index contributed by atoms with van der Waals surface area (Å²) in [6, 6.07) is 8.59. The van der Waals surface area contributed by atoms with Crippen LogP contribution in [0, 0.1) is 0 Å². The summed E-state index contributed by atoms with van der Waals surface area (Å²) in [5.41, 5.74) is 2.63. The van der Waals surface area contributed by atoms with E-state index in [0.29, 0.717) is 5.92 Å². The molecule has 0 bridgehead atoms. The Hall–Kier alpha value is -1.77. The van der Waals surface area contributed by atoms with Gasteiger partial charge in [0, 0.05) is 30.2 Å². The van der Waals surface area contributed by atoms with E-state index in [1.165, 1.54) is 22.9 Å². The van der Waals surface area contributed by atoms with Crippen LogP contribution in [0.5, 0.6) is 0 Å². The first-order valence-electron chi connectivity index (χ1n) is 8.55. The first-order valence-corrected chi connectivity index (χ1v) is 8.55. The molecule has 1 amide bonds. The van der Waals surface area contributed by atoms with Crippen molar-refractivity contribution in [1.82, 2.24) is 9.88 Å². The Morgan fingerprint density at radius 2 is 1.82 bits per heavy atom. The van der Waals surface area contributed by atoms with Crippen molar-refractivity contribution >= 4 is 17.3 Å². The third kappa shape index (κ3) is 4.62. The van der Waals surface area contributed by atoms with Crippen LogP contribution in [0.25, 0.3) is 10.9 Å². The van der Waals surface area contributed by atoms with Gasteiger partial charge in [0.15, 0.2) is 0 Å². The molecule has 1 aliphatic heterocycles. The third-order valence-electron chi connectivity index (χ3n) is 3.75. The second-order valence-electron chi connectivity index (χ2n) is 5.41. The van der Waals surface area contributed by atoms with Crippen LogP contribution in [0.4, 0.5) is 0 Å². The molecule has 2 heterocycles. The molecule has 1 aromatic heterocycles. The van der Waals surface area contributed by atoms with Gasteiger partial charge < -0.3 is 9.88 Å². The number of rotatable bonds is 2. The molecule has 22 heavy (non-hydrogen) atoms. The van der Waals surface area contributed by atoms with Crippen molar-refractivity contribution in [3.05, 3.63) is 36.0 Å². The molecule has 1 aliphatic rings. The van der Waals surface area contributed by atoms with E-state index in [0.717, 1.165) is 32.3 Å². The Morgan fingerprint density at radius 3 is 2.41 bits per heavy atom. The maximum Gasteiger partial charge on any atom is 0.209 e. The van der Waals surface area contributed by atoms with Gasteiger partial charge in [0.05, 0.1) is 0 Å². The molecular weight excluding hydrogens is 272 g/mol. The molecule has 0 spiro atoms. The number of nitrogens with one attached hydrogen (secondary N) is 1. The summed E-state index contributed by atoms with van der Waals surface area (Å²) in [6.07, 6.45) is 6.36. The topological polar surface area (TPSA) is 36.1 Å². The summed E-state index contributed by atoms with van der Waals surface area (Å²) in [7, 11) is 0.